The van der Waals surface area contributed by atoms with Gasteiger partial charge in [0.1, 0.15) is 23.7 Å². The fourth-order valence-corrected chi connectivity index (χ4v) is 4.06. The number of nitrogens with zero attached hydrogens (tertiary/aromatic N) is 4. The Balaban J connectivity index is 1.35. The second-order valence-electron chi connectivity index (χ2n) is 7.74. The summed E-state index contributed by atoms with van der Waals surface area (Å²) in [6.45, 7) is 1.24. The number of aromatic amines is 2. The largest absolute Gasteiger partial charge is 0.356 e. The van der Waals surface area contributed by atoms with E-state index in [9.17, 15) is 14.4 Å². The SMILES string of the molecule is O=C(Nc1c[nH]c(=O)[nH]c1=O)[C@H]1CCCN(c2cc(-n3ccc4ccccc43)ncn2)C1. The number of nitrogens with one attached hydrogen (secondary N) is 3. The van der Waals surface area contributed by atoms with Crippen LogP contribution in [0.1, 0.15) is 12.8 Å². The van der Waals surface area contributed by atoms with E-state index >= 15 is 0 Å². The summed E-state index contributed by atoms with van der Waals surface area (Å²) < 4.78 is 2.01. The maximum absolute atomic E-state index is 12.8. The van der Waals surface area contributed by atoms with Crippen LogP contribution in [-0.4, -0.2) is 43.5 Å². The monoisotopic (exact) mass is 431 g/mol. The van der Waals surface area contributed by atoms with Crippen molar-refractivity contribution in [1.29, 1.82) is 0 Å². The third kappa shape index (κ3) is 3.78. The predicted octanol–water partition coefficient (Wildman–Crippen LogP) is 1.65. The minimum absolute atomic E-state index is 0.0236. The van der Waals surface area contributed by atoms with Crippen LogP contribution in [0.5, 0.6) is 0 Å². The average molecular weight is 431 g/mol. The summed E-state index contributed by atoms with van der Waals surface area (Å²) >= 11 is 0. The van der Waals surface area contributed by atoms with Crippen molar-refractivity contribution in [2.75, 3.05) is 23.3 Å². The minimum atomic E-state index is -0.630. The summed E-state index contributed by atoms with van der Waals surface area (Å²) in [6.07, 6.45) is 6.22. The summed E-state index contributed by atoms with van der Waals surface area (Å²) in [5.41, 5.74) is -0.171. The van der Waals surface area contributed by atoms with E-state index in [1.165, 1.54) is 12.5 Å². The maximum atomic E-state index is 12.8. The highest BCUT2D eigenvalue weighted by atomic mass is 16.2. The molecule has 0 radical (unpaired) electrons. The zero-order valence-corrected chi connectivity index (χ0v) is 17.1. The number of para-hydroxylation sites is 1. The minimum Gasteiger partial charge on any atom is -0.356 e. The fourth-order valence-electron chi connectivity index (χ4n) is 4.06. The van der Waals surface area contributed by atoms with E-state index in [0.717, 1.165) is 35.5 Å². The van der Waals surface area contributed by atoms with E-state index in [0.29, 0.717) is 13.0 Å². The lowest BCUT2D eigenvalue weighted by molar-refractivity contribution is -0.120. The molecule has 0 saturated carbocycles. The molecule has 162 valence electrons. The molecule has 1 aliphatic rings. The van der Waals surface area contributed by atoms with Crippen LogP contribution in [0.4, 0.5) is 11.5 Å². The maximum Gasteiger partial charge on any atom is 0.325 e. The van der Waals surface area contributed by atoms with Crippen molar-refractivity contribution in [2.24, 2.45) is 5.92 Å². The lowest BCUT2D eigenvalue weighted by Crippen LogP contribution is -2.42. The molecule has 0 aliphatic carbocycles. The van der Waals surface area contributed by atoms with Crippen LogP contribution in [0.15, 0.2) is 64.7 Å². The average Bonchev–Trinajstić information content (AvgIpc) is 3.25. The second-order valence-corrected chi connectivity index (χ2v) is 7.74. The van der Waals surface area contributed by atoms with Gasteiger partial charge in [-0.1, -0.05) is 18.2 Å². The molecular weight excluding hydrogens is 410 g/mol. The molecule has 10 heteroatoms. The molecule has 3 N–H and O–H groups in total. The Labute approximate surface area is 182 Å². The molecule has 1 aliphatic heterocycles. The van der Waals surface area contributed by atoms with Crippen molar-refractivity contribution < 1.29 is 4.79 Å². The van der Waals surface area contributed by atoms with Gasteiger partial charge in [0.15, 0.2) is 0 Å². The van der Waals surface area contributed by atoms with E-state index in [-0.39, 0.29) is 17.5 Å². The Morgan fingerprint density at radius 1 is 1.12 bits per heavy atom. The summed E-state index contributed by atoms with van der Waals surface area (Å²) in [5.74, 6) is 0.911. The molecule has 4 heterocycles. The van der Waals surface area contributed by atoms with Gasteiger partial charge in [0.25, 0.3) is 5.56 Å². The van der Waals surface area contributed by atoms with Gasteiger partial charge in [-0.2, -0.15) is 0 Å². The van der Waals surface area contributed by atoms with Gasteiger partial charge in [0.05, 0.1) is 11.4 Å². The van der Waals surface area contributed by atoms with E-state index in [1.807, 2.05) is 41.1 Å². The van der Waals surface area contributed by atoms with Gasteiger partial charge in [-0.3, -0.25) is 14.6 Å². The van der Waals surface area contributed by atoms with E-state index in [2.05, 4.69) is 36.2 Å². The quantitative estimate of drug-likeness (QED) is 0.451. The lowest BCUT2D eigenvalue weighted by Gasteiger charge is -2.32. The van der Waals surface area contributed by atoms with Crippen molar-refractivity contribution in [3.8, 4) is 5.82 Å². The number of fused-ring (bicyclic) bond motifs is 1. The highest BCUT2D eigenvalue weighted by Crippen LogP contribution is 2.25. The first-order valence-corrected chi connectivity index (χ1v) is 10.3. The van der Waals surface area contributed by atoms with Crippen LogP contribution in [0.2, 0.25) is 0 Å². The molecule has 1 amide bonds. The topological polar surface area (TPSA) is 129 Å². The van der Waals surface area contributed by atoms with E-state index in [4.69, 9.17) is 0 Å². The van der Waals surface area contributed by atoms with E-state index in [1.54, 1.807) is 0 Å². The highest BCUT2D eigenvalue weighted by Gasteiger charge is 2.27. The van der Waals surface area contributed by atoms with Crippen LogP contribution in [0.25, 0.3) is 16.7 Å². The molecule has 32 heavy (non-hydrogen) atoms. The van der Waals surface area contributed by atoms with Crippen LogP contribution >= 0.6 is 0 Å². The van der Waals surface area contributed by atoms with Crippen LogP contribution in [0.3, 0.4) is 0 Å². The molecule has 1 fully saturated rings. The number of aromatic nitrogens is 5. The number of rotatable bonds is 4. The summed E-state index contributed by atoms with van der Waals surface area (Å²) in [7, 11) is 0. The van der Waals surface area contributed by atoms with Crippen LogP contribution < -0.4 is 21.5 Å². The second kappa shape index (κ2) is 8.14. The first kappa shape index (κ1) is 19.7. The molecule has 10 nitrogen and oxygen atoms in total. The van der Waals surface area contributed by atoms with Crippen molar-refractivity contribution in [3.63, 3.8) is 0 Å². The molecule has 5 rings (SSSR count). The van der Waals surface area contributed by atoms with Gasteiger partial charge in [-0.25, -0.2) is 14.8 Å². The number of carbonyl (C=O) groups is 1. The van der Waals surface area contributed by atoms with Gasteiger partial charge in [-0.05, 0) is 30.4 Å². The third-order valence-corrected chi connectivity index (χ3v) is 5.68. The summed E-state index contributed by atoms with van der Waals surface area (Å²) in [5, 5.41) is 3.74. The molecular formula is C22H21N7O3. The first-order chi connectivity index (χ1) is 15.6. The molecule has 4 aromatic rings. The zero-order chi connectivity index (χ0) is 22.1. The Morgan fingerprint density at radius 3 is 2.84 bits per heavy atom. The molecule has 0 bridgehead atoms. The van der Waals surface area contributed by atoms with Gasteiger partial charge in [0.2, 0.25) is 5.91 Å². The zero-order valence-electron chi connectivity index (χ0n) is 17.1. The van der Waals surface area contributed by atoms with Crippen LogP contribution in [0, 0.1) is 5.92 Å². The normalized spacial score (nSPS) is 16.2. The molecule has 1 saturated heterocycles. The molecule has 0 spiro atoms. The molecule has 0 unspecified atom stereocenters. The summed E-state index contributed by atoms with van der Waals surface area (Å²) in [6, 6.07) is 12.0. The first-order valence-electron chi connectivity index (χ1n) is 10.3. The van der Waals surface area contributed by atoms with Gasteiger partial charge in [-0.15, -0.1) is 0 Å². The van der Waals surface area contributed by atoms with Gasteiger partial charge in [0, 0.05) is 31.5 Å². The smallest absolute Gasteiger partial charge is 0.325 e. The molecule has 1 aromatic carbocycles. The number of H-pyrrole nitrogens is 2. The van der Waals surface area contributed by atoms with Gasteiger partial charge < -0.3 is 19.8 Å². The Bertz CT molecular complexity index is 1400. The standard InChI is InChI=1S/C22H21N7O3/c30-20(26-16-11-23-22(32)27-21(16)31)15-5-3-8-28(12-15)18-10-19(25-13-24-18)29-9-7-14-4-1-2-6-17(14)29/h1-2,4,6-7,9-11,13,15H,3,5,8,12H2,(H,26,30)(H2,23,27,31,32)/t15-/m0/s1. The van der Waals surface area contributed by atoms with Gasteiger partial charge >= 0.3 is 5.69 Å². The van der Waals surface area contributed by atoms with Crippen molar-refractivity contribution >= 4 is 28.3 Å². The third-order valence-electron chi connectivity index (χ3n) is 5.68. The number of carbonyl (C=O) groups excluding carboxylic acids is 1. The Kier molecular flexibility index (Phi) is 5.02. The van der Waals surface area contributed by atoms with Crippen molar-refractivity contribution in [3.05, 3.63) is 76.0 Å². The van der Waals surface area contributed by atoms with Crippen LogP contribution in [-0.2, 0) is 4.79 Å². The number of benzene rings is 1. The molecule has 1 atom stereocenters. The number of piperidine rings is 1. The Morgan fingerprint density at radius 2 is 1.97 bits per heavy atom. The number of hydrogen-bond donors (Lipinski definition) is 3. The lowest BCUT2D eigenvalue weighted by atomic mass is 9.97. The molecule has 3 aromatic heterocycles. The fraction of sp³-hybridized carbons (Fsp3) is 0.227. The van der Waals surface area contributed by atoms with Crippen molar-refractivity contribution in [2.45, 2.75) is 12.8 Å². The number of anilines is 2. The number of amides is 1. The predicted molar refractivity (Wildman–Crippen MR) is 120 cm³/mol. The highest BCUT2D eigenvalue weighted by molar-refractivity contribution is 5.92. The number of hydrogen-bond acceptors (Lipinski definition) is 6. The Hall–Kier alpha value is -4.21. The van der Waals surface area contributed by atoms with E-state index < -0.39 is 11.2 Å². The summed E-state index contributed by atoms with van der Waals surface area (Å²) in [4.78, 5) is 51.2. The van der Waals surface area contributed by atoms with Crippen molar-refractivity contribution in [1.82, 2.24) is 24.5 Å².